The van der Waals surface area contributed by atoms with Crippen molar-refractivity contribution in [3.63, 3.8) is 0 Å². The first-order chi connectivity index (χ1) is 8.03. The predicted molar refractivity (Wildman–Crippen MR) is 71.1 cm³/mol. The monoisotopic (exact) mass is 234 g/mol. The molecule has 2 rings (SSSR count). The molecule has 4 nitrogen and oxygen atoms in total. The molecular formula is C13H22N4. The van der Waals surface area contributed by atoms with Crippen molar-refractivity contribution >= 4 is 11.6 Å². The van der Waals surface area contributed by atoms with Gasteiger partial charge in [-0.25, -0.2) is 9.97 Å². The highest BCUT2D eigenvalue weighted by Gasteiger charge is 2.33. The van der Waals surface area contributed by atoms with Crippen molar-refractivity contribution in [2.24, 2.45) is 0 Å². The van der Waals surface area contributed by atoms with Crippen LogP contribution in [0.4, 0.5) is 11.6 Å². The molecule has 1 aliphatic rings. The SMILES string of the molecule is CCCc1nc(N)cc(N2CCCC2(C)C)n1. The molecule has 2 heterocycles. The Kier molecular flexibility index (Phi) is 3.22. The van der Waals surface area contributed by atoms with Crippen LogP contribution in [-0.4, -0.2) is 22.1 Å². The fourth-order valence-electron chi connectivity index (χ4n) is 2.51. The molecule has 1 fully saturated rings. The van der Waals surface area contributed by atoms with Gasteiger partial charge in [-0.1, -0.05) is 6.92 Å². The maximum atomic E-state index is 5.87. The summed E-state index contributed by atoms with van der Waals surface area (Å²) >= 11 is 0. The van der Waals surface area contributed by atoms with Crippen LogP contribution in [-0.2, 0) is 6.42 Å². The third kappa shape index (κ3) is 2.51. The summed E-state index contributed by atoms with van der Waals surface area (Å²) in [5.74, 6) is 2.44. The Labute approximate surface area is 103 Å². The summed E-state index contributed by atoms with van der Waals surface area (Å²) < 4.78 is 0. The molecule has 0 spiro atoms. The highest BCUT2D eigenvalue weighted by molar-refractivity contribution is 5.49. The van der Waals surface area contributed by atoms with E-state index in [1.165, 1.54) is 12.8 Å². The third-order valence-corrected chi connectivity index (χ3v) is 3.43. The minimum atomic E-state index is 0.185. The molecule has 2 N–H and O–H groups in total. The van der Waals surface area contributed by atoms with Crippen molar-refractivity contribution in [2.75, 3.05) is 17.2 Å². The Hall–Kier alpha value is -1.32. The van der Waals surface area contributed by atoms with E-state index in [1.54, 1.807) is 0 Å². The van der Waals surface area contributed by atoms with Gasteiger partial charge < -0.3 is 10.6 Å². The van der Waals surface area contributed by atoms with Gasteiger partial charge >= 0.3 is 0 Å². The molecule has 1 aromatic rings. The summed E-state index contributed by atoms with van der Waals surface area (Å²) in [5.41, 5.74) is 6.05. The van der Waals surface area contributed by atoms with Crippen LogP contribution < -0.4 is 10.6 Å². The third-order valence-electron chi connectivity index (χ3n) is 3.43. The second kappa shape index (κ2) is 4.51. The number of rotatable bonds is 3. The number of aromatic nitrogens is 2. The van der Waals surface area contributed by atoms with E-state index < -0.39 is 0 Å². The standard InChI is InChI=1S/C13H22N4/c1-4-6-11-15-10(14)9-12(16-11)17-8-5-7-13(17,2)3/h9H,4-8H2,1-3H3,(H2,14,15,16). The van der Waals surface area contributed by atoms with Crippen LogP contribution >= 0.6 is 0 Å². The van der Waals surface area contributed by atoms with Crippen LogP contribution in [0.15, 0.2) is 6.07 Å². The topological polar surface area (TPSA) is 55.0 Å². The zero-order valence-electron chi connectivity index (χ0n) is 11.0. The van der Waals surface area contributed by atoms with Gasteiger partial charge in [0, 0.05) is 24.6 Å². The maximum absolute atomic E-state index is 5.87. The van der Waals surface area contributed by atoms with E-state index in [-0.39, 0.29) is 5.54 Å². The van der Waals surface area contributed by atoms with Crippen molar-refractivity contribution in [2.45, 2.75) is 52.0 Å². The maximum Gasteiger partial charge on any atom is 0.134 e. The molecular weight excluding hydrogens is 212 g/mol. The summed E-state index contributed by atoms with van der Waals surface area (Å²) in [6, 6.07) is 1.90. The molecule has 0 aromatic carbocycles. The number of nitrogen functional groups attached to an aromatic ring is 1. The molecule has 0 aliphatic carbocycles. The number of aryl methyl sites for hydroxylation is 1. The summed E-state index contributed by atoms with van der Waals surface area (Å²) in [7, 11) is 0. The van der Waals surface area contributed by atoms with Crippen molar-refractivity contribution in [1.82, 2.24) is 9.97 Å². The van der Waals surface area contributed by atoms with Crippen molar-refractivity contribution in [3.8, 4) is 0 Å². The van der Waals surface area contributed by atoms with Crippen molar-refractivity contribution < 1.29 is 0 Å². The lowest BCUT2D eigenvalue weighted by Crippen LogP contribution is -2.38. The van der Waals surface area contributed by atoms with E-state index in [0.29, 0.717) is 5.82 Å². The Morgan fingerprint density at radius 3 is 2.76 bits per heavy atom. The molecule has 0 atom stereocenters. The van der Waals surface area contributed by atoms with Crippen LogP contribution in [0, 0.1) is 0 Å². The average Bonchev–Trinajstić information content (AvgIpc) is 2.57. The van der Waals surface area contributed by atoms with E-state index in [2.05, 4.69) is 35.6 Å². The number of nitrogens with zero attached hydrogens (tertiary/aromatic N) is 3. The van der Waals surface area contributed by atoms with Gasteiger partial charge in [0.2, 0.25) is 0 Å². The molecule has 0 radical (unpaired) electrons. The van der Waals surface area contributed by atoms with Crippen LogP contribution in [0.25, 0.3) is 0 Å². The van der Waals surface area contributed by atoms with E-state index >= 15 is 0 Å². The molecule has 1 aromatic heterocycles. The van der Waals surface area contributed by atoms with Crippen LogP contribution in [0.3, 0.4) is 0 Å². The Morgan fingerprint density at radius 1 is 1.41 bits per heavy atom. The molecule has 0 bridgehead atoms. The summed E-state index contributed by atoms with van der Waals surface area (Å²) in [6.45, 7) is 7.72. The first-order valence-corrected chi connectivity index (χ1v) is 6.44. The molecule has 0 saturated carbocycles. The molecule has 4 heteroatoms. The van der Waals surface area contributed by atoms with E-state index in [1.807, 2.05) is 6.07 Å². The second-order valence-electron chi connectivity index (χ2n) is 5.38. The average molecular weight is 234 g/mol. The van der Waals surface area contributed by atoms with Crippen LogP contribution in [0.1, 0.15) is 45.9 Å². The lowest BCUT2D eigenvalue weighted by atomic mass is 10.0. The molecule has 1 aliphatic heterocycles. The van der Waals surface area contributed by atoms with Crippen LogP contribution in [0.5, 0.6) is 0 Å². The van der Waals surface area contributed by atoms with Gasteiger partial charge in [-0.3, -0.25) is 0 Å². The molecule has 17 heavy (non-hydrogen) atoms. The normalized spacial score (nSPS) is 18.6. The van der Waals surface area contributed by atoms with E-state index in [4.69, 9.17) is 5.73 Å². The zero-order valence-corrected chi connectivity index (χ0v) is 11.0. The first-order valence-electron chi connectivity index (χ1n) is 6.44. The molecule has 1 saturated heterocycles. The van der Waals surface area contributed by atoms with Gasteiger partial charge in [-0.2, -0.15) is 0 Å². The highest BCUT2D eigenvalue weighted by atomic mass is 15.3. The quantitative estimate of drug-likeness (QED) is 0.872. The molecule has 94 valence electrons. The number of hydrogen-bond acceptors (Lipinski definition) is 4. The lowest BCUT2D eigenvalue weighted by Gasteiger charge is -2.32. The Balaban J connectivity index is 2.31. The first kappa shape index (κ1) is 12.1. The smallest absolute Gasteiger partial charge is 0.134 e. The summed E-state index contributed by atoms with van der Waals surface area (Å²) in [4.78, 5) is 11.3. The second-order valence-corrected chi connectivity index (χ2v) is 5.38. The largest absolute Gasteiger partial charge is 0.384 e. The Bertz CT molecular complexity index is 400. The summed E-state index contributed by atoms with van der Waals surface area (Å²) in [6.07, 6.45) is 4.37. The number of nitrogens with two attached hydrogens (primary N) is 1. The van der Waals surface area contributed by atoms with E-state index in [0.717, 1.165) is 31.0 Å². The van der Waals surface area contributed by atoms with Gasteiger partial charge in [0.1, 0.15) is 17.5 Å². The zero-order chi connectivity index (χ0) is 12.5. The van der Waals surface area contributed by atoms with E-state index in [9.17, 15) is 0 Å². The predicted octanol–water partition coefficient (Wildman–Crippen LogP) is 2.39. The minimum absolute atomic E-state index is 0.185. The van der Waals surface area contributed by atoms with Crippen LogP contribution in [0.2, 0.25) is 0 Å². The molecule has 0 amide bonds. The fourth-order valence-corrected chi connectivity index (χ4v) is 2.51. The molecule has 0 unspecified atom stereocenters. The van der Waals surface area contributed by atoms with Gasteiger partial charge in [0.05, 0.1) is 0 Å². The lowest BCUT2D eigenvalue weighted by molar-refractivity contribution is 0.513. The fraction of sp³-hybridized carbons (Fsp3) is 0.692. The highest BCUT2D eigenvalue weighted by Crippen LogP contribution is 2.32. The Morgan fingerprint density at radius 2 is 2.18 bits per heavy atom. The number of hydrogen-bond donors (Lipinski definition) is 1. The number of anilines is 2. The van der Waals surface area contributed by atoms with Gasteiger partial charge in [0.15, 0.2) is 0 Å². The van der Waals surface area contributed by atoms with Gasteiger partial charge in [0.25, 0.3) is 0 Å². The summed E-state index contributed by atoms with van der Waals surface area (Å²) in [5, 5.41) is 0. The van der Waals surface area contributed by atoms with Crippen molar-refractivity contribution in [1.29, 1.82) is 0 Å². The van der Waals surface area contributed by atoms with Crippen molar-refractivity contribution in [3.05, 3.63) is 11.9 Å². The van der Waals surface area contributed by atoms with Gasteiger partial charge in [-0.15, -0.1) is 0 Å². The van der Waals surface area contributed by atoms with Gasteiger partial charge in [-0.05, 0) is 33.1 Å². The minimum Gasteiger partial charge on any atom is -0.384 e.